The van der Waals surface area contributed by atoms with Crippen LogP contribution >= 0.6 is 24.0 Å². The molecule has 25 heavy (non-hydrogen) atoms. The lowest BCUT2D eigenvalue weighted by Crippen LogP contribution is -2.72. The number of nitrogens with zero attached hydrogens (tertiary/aromatic N) is 2. The van der Waals surface area contributed by atoms with Gasteiger partial charge in [-0.05, 0) is 44.0 Å². The number of H-pyrrole nitrogens is 1. The minimum Gasteiger partial charge on any atom is -0.361 e. The molecule has 6 heteroatoms. The Hall–Kier alpha value is -1.31. The zero-order chi connectivity index (χ0) is 17.5. The Kier molecular flexibility index (Phi) is 5.71. The molecular weight excluding hydrogens is 430 g/mol. The van der Waals surface area contributed by atoms with E-state index in [2.05, 4.69) is 47.9 Å². The van der Waals surface area contributed by atoms with Crippen LogP contribution in [-0.4, -0.2) is 41.5 Å². The zero-order valence-corrected chi connectivity index (χ0v) is 17.9. The van der Waals surface area contributed by atoms with E-state index in [0.717, 1.165) is 36.4 Å². The Morgan fingerprint density at radius 2 is 2.04 bits per heavy atom. The molecule has 2 aromatic rings. The van der Waals surface area contributed by atoms with E-state index in [1.807, 2.05) is 19.3 Å². The lowest BCUT2D eigenvalue weighted by Gasteiger charge is -2.62. The topological polar surface area (TPSA) is 43.4 Å². The maximum atomic E-state index is 13.3. The summed E-state index contributed by atoms with van der Waals surface area (Å²) in [5, 5.41) is 4.55. The maximum Gasteiger partial charge on any atom is 0.194 e. The zero-order valence-electron chi connectivity index (χ0n) is 15.6. The summed E-state index contributed by atoms with van der Waals surface area (Å²) >= 11 is 0. The minimum atomic E-state index is -0.211. The number of aliphatic imine (C=N–C) groups is 1. The summed E-state index contributed by atoms with van der Waals surface area (Å²) in [5.41, 5.74) is 2.41. The maximum absolute atomic E-state index is 13.3. The predicted molar refractivity (Wildman–Crippen MR) is 113 cm³/mol. The van der Waals surface area contributed by atoms with E-state index in [4.69, 9.17) is 0 Å². The highest BCUT2D eigenvalue weighted by Crippen LogP contribution is 2.46. The molecule has 0 unspecified atom stereocenters. The minimum absolute atomic E-state index is 0. The highest BCUT2D eigenvalue weighted by atomic mass is 127. The average molecular weight is 458 g/mol. The van der Waals surface area contributed by atoms with Crippen LogP contribution in [0.5, 0.6) is 0 Å². The van der Waals surface area contributed by atoms with E-state index in [0.29, 0.717) is 0 Å². The number of aromatic amines is 1. The van der Waals surface area contributed by atoms with Crippen molar-refractivity contribution in [3.8, 4) is 0 Å². The second-order valence-corrected chi connectivity index (χ2v) is 7.76. The molecule has 0 saturated carbocycles. The summed E-state index contributed by atoms with van der Waals surface area (Å²) in [6, 6.07) is 4.89. The first-order valence-electron chi connectivity index (χ1n) is 8.50. The second-order valence-electron chi connectivity index (χ2n) is 7.76. The summed E-state index contributed by atoms with van der Waals surface area (Å²) in [4.78, 5) is 9.91. The molecule has 2 heterocycles. The van der Waals surface area contributed by atoms with Gasteiger partial charge in [-0.1, -0.05) is 13.8 Å². The summed E-state index contributed by atoms with van der Waals surface area (Å²) in [5.74, 6) is 0.738. The number of likely N-dealkylation sites (tertiary alicyclic amines) is 1. The number of rotatable bonds is 3. The molecule has 1 fully saturated rings. The second kappa shape index (κ2) is 7.13. The highest BCUT2D eigenvalue weighted by molar-refractivity contribution is 14.0. The van der Waals surface area contributed by atoms with Gasteiger partial charge in [-0.15, -0.1) is 24.0 Å². The Balaban J connectivity index is 0.00000225. The van der Waals surface area contributed by atoms with Crippen molar-refractivity contribution < 1.29 is 4.39 Å². The van der Waals surface area contributed by atoms with Crippen LogP contribution < -0.4 is 5.32 Å². The molecular formula is C19H28FIN4. The fraction of sp³-hybridized carbons (Fsp3) is 0.526. The van der Waals surface area contributed by atoms with E-state index >= 15 is 0 Å². The Bertz CT molecular complexity index is 779. The number of guanidine groups is 1. The first kappa shape index (κ1) is 20.0. The molecule has 3 rings (SSSR count). The molecule has 0 radical (unpaired) electrons. The van der Waals surface area contributed by atoms with Crippen LogP contribution in [0.4, 0.5) is 4.39 Å². The molecule has 1 aliphatic heterocycles. The molecule has 0 aliphatic carbocycles. The molecule has 2 N–H and O–H groups in total. The van der Waals surface area contributed by atoms with Gasteiger partial charge in [0.1, 0.15) is 5.82 Å². The number of hydrogen-bond donors (Lipinski definition) is 2. The predicted octanol–water partition coefficient (Wildman–Crippen LogP) is 4.16. The fourth-order valence-electron chi connectivity index (χ4n) is 3.37. The van der Waals surface area contributed by atoms with Gasteiger partial charge in [-0.25, -0.2) is 4.39 Å². The van der Waals surface area contributed by atoms with E-state index in [1.165, 1.54) is 17.7 Å². The summed E-state index contributed by atoms with van der Waals surface area (Å²) in [6.07, 6.45) is 2.83. The summed E-state index contributed by atoms with van der Waals surface area (Å²) in [7, 11) is 1.83. The lowest BCUT2D eigenvalue weighted by molar-refractivity contribution is -0.0666. The van der Waals surface area contributed by atoms with Crippen LogP contribution in [0.3, 0.4) is 0 Å². The van der Waals surface area contributed by atoms with E-state index in [1.54, 1.807) is 0 Å². The van der Waals surface area contributed by atoms with Gasteiger partial charge in [-0.2, -0.15) is 0 Å². The van der Waals surface area contributed by atoms with Crippen LogP contribution in [0.1, 0.15) is 33.3 Å². The third kappa shape index (κ3) is 3.50. The van der Waals surface area contributed by atoms with Gasteiger partial charge >= 0.3 is 0 Å². The van der Waals surface area contributed by atoms with Gasteiger partial charge in [-0.3, -0.25) is 4.99 Å². The smallest absolute Gasteiger partial charge is 0.194 e. The molecule has 1 aromatic heterocycles. The molecule has 4 nitrogen and oxygen atoms in total. The quantitative estimate of drug-likeness (QED) is 0.412. The van der Waals surface area contributed by atoms with Gasteiger partial charge in [0.2, 0.25) is 0 Å². The van der Waals surface area contributed by atoms with Gasteiger partial charge in [0, 0.05) is 48.2 Å². The molecule has 138 valence electrons. The van der Waals surface area contributed by atoms with Crippen LogP contribution in [0.25, 0.3) is 10.9 Å². The average Bonchev–Trinajstić information content (AvgIpc) is 2.92. The normalized spacial score (nSPS) is 18.6. The Morgan fingerprint density at radius 1 is 1.32 bits per heavy atom. The molecule has 1 saturated heterocycles. The summed E-state index contributed by atoms with van der Waals surface area (Å²) < 4.78 is 13.3. The van der Waals surface area contributed by atoms with Crippen LogP contribution in [0.15, 0.2) is 29.4 Å². The lowest BCUT2D eigenvalue weighted by atomic mass is 9.65. The third-order valence-corrected chi connectivity index (χ3v) is 5.76. The molecule has 0 spiro atoms. The standard InChI is InChI=1S/C19H27FN4.HI/c1-18(2)12-24(19(18,3)4)17(21-5)22-9-8-13-11-23-16-10-14(20)6-7-15(13)16;/h6-7,10-11,23H,8-9,12H2,1-5H3,(H,21,22);1H. The van der Waals surface area contributed by atoms with Crippen molar-refractivity contribution >= 4 is 40.8 Å². The Labute approximate surface area is 166 Å². The SMILES string of the molecule is CN=C(NCCc1c[nH]c2cc(F)ccc12)N1CC(C)(C)C1(C)C.I. The Morgan fingerprint density at radius 3 is 2.64 bits per heavy atom. The van der Waals surface area contributed by atoms with Crippen molar-refractivity contribution in [2.24, 2.45) is 10.4 Å². The van der Waals surface area contributed by atoms with E-state index < -0.39 is 0 Å². The number of benzene rings is 1. The van der Waals surface area contributed by atoms with Gasteiger partial charge < -0.3 is 15.2 Å². The summed E-state index contributed by atoms with van der Waals surface area (Å²) in [6.45, 7) is 10.9. The molecule has 0 atom stereocenters. The number of nitrogens with one attached hydrogen (secondary N) is 2. The molecule has 1 aromatic carbocycles. The highest BCUT2D eigenvalue weighted by Gasteiger charge is 2.53. The molecule has 1 aliphatic rings. The third-order valence-electron chi connectivity index (χ3n) is 5.76. The van der Waals surface area contributed by atoms with E-state index in [-0.39, 0.29) is 40.7 Å². The first-order valence-corrected chi connectivity index (χ1v) is 8.50. The largest absolute Gasteiger partial charge is 0.361 e. The van der Waals surface area contributed by atoms with Crippen molar-refractivity contribution in [3.05, 3.63) is 35.8 Å². The van der Waals surface area contributed by atoms with Gasteiger partial charge in [0.15, 0.2) is 5.96 Å². The van der Waals surface area contributed by atoms with Crippen LogP contribution in [-0.2, 0) is 6.42 Å². The van der Waals surface area contributed by atoms with Crippen LogP contribution in [0.2, 0.25) is 0 Å². The number of halogens is 2. The van der Waals surface area contributed by atoms with Crippen LogP contribution in [0, 0.1) is 11.2 Å². The number of fused-ring (bicyclic) bond motifs is 1. The number of hydrogen-bond acceptors (Lipinski definition) is 1. The van der Waals surface area contributed by atoms with Crippen molar-refractivity contribution in [1.82, 2.24) is 15.2 Å². The van der Waals surface area contributed by atoms with Gasteiger partial charge in [0.25, 0.3) is 0 Å². The van der Waals surface area contributed by atoms with Crippen molar-refractivity contribution in [2.45, 2.75) is 39.7 Å². The van der Waals surface area contributed by atoms with Crippen molar-refractivity contribution in [3.63, 3.8) is 0 Å². The first-order chi connectivity index (χ1) is 11.3. The number of aromatic nitrogens is 1. The van der Waals surface area contributed by atoms with E-state index in [9.17, 15) is 4.39 Å². The van der Waals surface area contributed by atoms with Crippen molar-refractivity contribution in [2.75, 3.05) is 20.1 Å². The monoisotopic (exact) mass is 458 g/mol. The fourth-order valence-corrected chi connectivity index (χ4v) is 3.37. The molecule has 0 amide bonds. The van der Waals surface area contributed by atoms with Crippen molar-refractivity contribution in [1.29, 1.82) is 0 Å². The molecule has 0 bridgehead atoms. The van der Waals surface area contributed by atoms with Gasteiger partial charge in [0.05, 0.1) is 0 Å².